The number of rotatable bonds is 1. The topological polar surface area (TPSA) is 32.3 Å². The second-order valence-electron chi connectivity index (χ2n) is 3.66. The predicted molar refractivity (Wildman–Crippen MR) is 61.4 cm³/mol. The predicted octanol–water partition coefficient (Wildman–Crippen LogP) is 1.58. The highest BCUT2D eigenvalue weighted by molar-refractivity contribution is 6.31. The molecule has 0 radical (unpaired) electrons. The molecule has 1 aromatic carbocycles. The van der Waals surface area contributed by atoms with Crippen molar-refractivity contribution in [1.29, 1.82) is 0 Å². The molecule has 3 nitrogen and oxygen atoms in total. The van der Waals surface area contributed by atoms with E-state index in [0.29, 0.717) is 18.1 Å². The fourth-order valence-electron chi connectivity index (χ4n) is 1.63. The maximum Gasteiger partial charge on any atom is 0.240 e. The number of hydrogen-bond donors (Lipinski definition) is 1. The van der Waals surface area contributed by atoms with Gasteiger partial charge in [-0.25, -0.2) is 0 Å². The van der Waals surface area contributed by atoms with E-state index >= 15 is 0 Å². The van der Waals surface area contributed by atoms with Crippen molar-refractivity contribution in [3.63, 3.8) is 0 Å². The van der Waals surface area contributed by atoms with Gasteiger partial charge in [-0.3, -0.25) is 4.79 Å². The third kappa shape index (κ3) is 2.13. The van der Waals surface area contributed by atoms with Crippen LogP contribution in [0.15, 0.2) is 18.2 Å². The molecule has 0 atom stereocenters. The van der Waals surface area contributed by atoms with Crippen LogP contribution in [-0.2, 0) is 4.79 Å². The first kappa shape index (κ1) is 10.5. The van der Waals surface area contributed by atoms with Crippen molar-refractivity contribution < 1.29 is 4.79 Å². The number of benzene rings is 1. The van der Waals surface area contributed by atoms with E-state index in [1.165, 1.54) is 0 Å². The summed E-state index contributed by atoms with van der Waals surface area (Å²) in [6, 6.07) is 5.72. The lowest BCUT2D eigenvalue weighted by molar-refractivity contribution is -0.118. The Morgan fingerprint density at radius 3 is 2.93 bits per heavy atom. The van der Waals surface area contributed by atoms with Crippen molar-refractivity contribution in [2.75, 3.05) is 24.5 Å². The SMILES string of the molecule is Cc1ccc(N2CCNCC2=O)cc1Cl. The van der Waals surface area contributed by atoms with Crippen molar-refractivity contribution in [1.82, 2.24) is 5.32 Å². The number of amides is 1. The fourth-order valence-corrected chi connectivity index (χ4v) is 1.80. The minimum absolute atomic E-state index is 0.0983. The molecule has 1 saturated heterocycles. The minimum Gasteiger partial charge on any atom is -0.310 e. The van der Waals surface area contributed by atoms with Crippen LogP contribution in [0.2, 0.25) is 5.02 Å². The van der Waals surface area contributed by atoms with E-state index in [4.69, 9.17) is 11.6 Å². The average Bonchev–Trinajstić information content (AvgIpc) is 2.23. The zero-order valence-electron chi connectivity index (χ0n) is 8.59. The minimum atomic E-state index is 0.0983. The van der Waals surface area contributed by atoms with Gasteiger partial charge in [0.15, 0.2) is 0 Å². The molecule has 0 unspecified atom stereocenters. The quantitative estimate of drug-likeness (QED) is 0.786. The molecule has 0 spiro atoms. The van der Waals surface area contributed by atoms with Crippen LogP contribution in [0, 0.1) is 6.92 Å². The second kappa shape index (κ2) is 4.21. The van der Waals surface area contributed by atoms with Crippen LogP contribution in [0.25, 0.3) is 0 Å². The van der Waals surface area contributed by atoms with E-state index in [1.54, 1.807) is 4.90 Å². The number of aryl methyl sites for hydroxylation is 1. The molecule has 80 valence electrons. The number of carbonyl (C=O) groups excluding carboxylic acids is 1. The summed E-state index contributed by atoms with van der Waals surface area (Å²) in [7, 11) is 0. The van der Waals surface area contributed by atoms with E-state index in [-0.39, 0.29) is 5.91 Å². The van der Waals surface area contributed by atoms with E-state index in [1.807, 2.05) is 25.1 Å². The van der Waals surface area contributed by atoms with Gasteiger partial charge >= 0.3 is 0 Å². The molecule has 1 fully saturated rings. The highest BCUT2D eigenvalue weighted by Gasteiger charge is 2.19. The van der Waals surface area contributed by atoms with E-state index < -0.39 is 0 Å². The summed E-state index contributed by atoms with van der Waals surface area (Å²) in [5, 5.41) is 3.74. The number of anilines is 1. The molecule has 1 N–H and O–H groups in total. The van der Waals surface area contributed by atoms with Crippen molar-refractivity contribution in [2.24, 2.45) is 0 Å². The van der Waals surface area contributed by atoms with Gasteiger partial charge in [0, 0.05) is 23.8 Å². The fraction of sp³-hybridized carbons (Fsp3) is 0.364. The van der Waals surface area contributed by atoms with Gasteiger partial charge in [0.2, 0.25) is 5.91 Å². The molecule has 1 aromatic rings. The first-order chi connectivity index (χ1) is 7.18. The Balaban J connectivity index is 2.28. The van der Waals surface area contributed by atoms with E-state index in [2.05, 4.69) is 5.32 Å². The lowest BCUT2D eigenvalue weighted by Gasteiger charge is -2.27. The highest BCUT2D eigenvalue weighted by Crippen LogP contribution is 2.23. The van der Waals surface area contributed by atoms with Crippen LogP contribution >= 0.6 is 11.6 Å². The first-order valence-electron chi connectivity index (χ1n) is 4.96. The Morgan fingerprint density at radius 2 is 2.27 bits per heavy atom. The molecular formula is C11H13ClN2O. The van der Waals surface area contributed by atoms with Crippen molar-refractivity contribution in [3.05, 3.63) is 28.8 Å². The molecule has 4 heteroatoms. The van der Waals surface area contributed by atoms with Gasteiger partial charge in [-0.2, -0.15) is 0 Å². The Bertz CT molecular complexity index is 392. The van der Waals surface area contributed by atoms with Crippen LogP contribution in [0.4, 0.5) is 5.69 Å². The Morgan fingerprint density at radius 1 is 1.47 bits per heavy atom. The number of nitrogens with zero attached hydrogens (tertiary/aromatic N) is 1. The van der Waals surface area contributed by atoms with Gasteiger partial charge < -0.3 is 10.2 Å². The summed E-state index contributed by atoms with van der Waals surface area (Å²) in [4.78, 5) is 13.4. The summed E-state index contributed by atoms with van der Waals surface area (Å²) < 4.78 is 0. The second-order valence-corrected chi connectivity index (χ2v) is 4.06. The third-order valence-electron chi connectivity index (χ3n) is 2.56. The van der Waals surface area contributed by atoms with Gasteiger partial charge in [0.1, 0.15) is 0 Å². The van der Waals surface area contributed by atoms with Crippen molar-refractivity contribution in [2.45, 2.75) is 6.92 Å². The molecule has 1 amide bonds. The van der Waals surface area contributed by atoms with Crippen LogP contribution in [0.5, 0.6) is 0 Å². The Hall–Kier alpha value is -1.06. The van der Waals surface area contributed by atoms with Gasteiger partial charge in [-0.1, -0.05) is 17.7 Å². The summed E-state index contributed by atoms with van der Waals surface area (Å²) in [5.74, 6) is 0.0983. The molecule has 1 heterocycles. The molecule has 0 bridgehead atoms. The first-order valence-corrected chi connectivity index (χ1v) is 5.33. The largest absolute Gasteiger partial charge is 0.310 e. The Labute approximate surface area is 94.0 Å². The summed E-state index contributed by atoms with van der Waals surface area (Å²) in [5.41, 5.74) is 1.92. The number of halogens is 1. The van der Waals surface area contributed by atoms with Crippen molar-refractivity contribution in [3.8, 4) is 0 Å². The number of piperazine rings is 1. The highest BCUT2D eigenvalue weighted by atomic mass is 35.5. The number of nitrogens with one attached hydrogen (secondary N) is 1. The van der Waals surface area contributed by atoms with Crippen LogP contribution in [-0.4, -0.2) is 25.5 Å². The zero-order valence-corrected chi connectivity index (χ0v) is 9.34. The van der Waals surface area contributed by atoms with Gasteiger partial charge in [0.05, 0.1) is 6.54 Å². The van der Waals surface area contributed by atoms with Gasteiger partial charge in [-0.05, 0) is 24.6 Å². The maximum absolute atomic E-state index is 11.6. The zero-order chi connectivity index (χ0) is 10.8. The normalized spacial score (nSPS) is 16.9. The van der Waals surface area contributed by atoms with E-state index in [0.717, 1.165) is 17.8 Å². The molecule has 0 aliphatic carbocycles. The standard InChI is InChI=1S/C11H13ClN2O/c1-8-2-3-9(6-10(8)12)14-5-4-13-7-11(14)15/h2-3,6,13H,4-5,7H2,1H3. The lowest BCUT2D eigenvalue weighted by atomic mass is 10.2. The van der Waals surface area contributed by atoms with Crippen LogP contribution < -0.4 is 10.2 Å². The van der Waals surface area contributed by atoms with Gasteiger partial charge in [0.25, 0.3) is 0 Å². The molecule has 0 saturated carbocycles. The smallest absolute Gasteiger partial charge is 0.240 e. The van der Waals surface area contributed by atoms with Crippen molar-refractivity contribution >= 4 is 23.2 Å². The molecular weight excluding hydrogens is 212 g/mol. The monoisotopic (exact) mass is 224 g/mol. The summed E-state index contributed by atoms with van der Waals surface area (Å²) >= 11 is 6.03. The summed E-state index contributed by atoms with van der Waals surface area (Å²) in [6.45, 7) is 3.90. The lowest BCUT2D eigenvalue weighted by Crippen LogP contribution is -2.48. The molecule has 2 rings (SSSR count). The van der Waals surface area contributed by atoms with Crippen LogP contribution in [0.1, 0.15) is 5.56 Å². The number of hydrogen-bond acceptors (Lipinski definition) is 2. The molecule has 1 aliphatic rings. The van der Waals surface area contributed by atoms with Crippen LogP contribution in [0.3, 0.4) is 0 Å². The average molecular weight is 225 g/mol. The van der Waals surface area contributed by atoms with Gasteiger partial charge in [-0.15, -0.1) is 0 Å². The third-order valence-corrected chi connectivity index (χ3v) is 2.96. The maximum atomic E-state index is 11.6. The summed E-state index contributed by atoms with van der Waals surface area (Å²) in [6.07, 6.45) is 0. The molecule has 1 aliphatic heterocycles. The molecule has 0 aromatic heterocycles. The Kier molecular flexibility index (Phi) is 2.93. The van der Waals surface area contributed by atoms with E-state index in [9.17, 15) is 4.79 Å². The molecule has 15 heavy (non-hydrogen) atoms. The number of carbonyl (C=O) groups is 1.